The van der Waals surface area contributed by atoms with Crippen molar-refractivity contribution in [3.63, 3.8) is 0 Å². The highest BCUT2D eigenvalue weighted by atomic mass is 32.2. The van der Waals surface area contributed by atoms with Crippen molar-refractivity contribution in [2.75, 3.05) is 17.9 Å². The van der Waals surface area contributed by atoms with Gasteiger partial charge in [-0.2, -0.15) is 0 Å². The highest BCUT2D eigenvalue weighted by molar-refractivity contribution is 7.92. The summed E-state index contributed by atoms with van der Waals surface area (Å²) in [6, 6.07) is 20.2. The second-order valence-electron chi connectivity index (χ2n) is 8.35. The fraction of sp³-hybridized carbons (Fsp3) is 0.269. The van der Waals surface area contributed by atoms with Crippen molar-refractivity contribution < 1.29 is 13.2 Å². The normalized spacial score (nSPS) is 11.3. The molecule has 3 rings (SSSR count). The molecule has 0 saturated heterocycles. The van der Waals surface area contributed by atoms with Crippen LogP contribution in [0.15, 0.2) is 71.6 Å². The summed E-state index contributed by atoms with van der Waals surface area (Å²) in [4.78, 5) is 14.9. The van der Waals surface area contributed by atoms with Gasteiger partial charge < -0.3 is 4.90 Å². The van der Waals surface area contributed by atoms with Crippen LogP contribution in [0.5, 0.6) is 0 Å². The lowest BCUT2D eigenvalue weighted by molar-refractivity contribution is -0.128. The number of carbonyl (C=O) groups is 1. The van der Waals surface area contributed by atoms with Gasteiger partial charge in [0.15, 0.2) is 0 Å². The number of aryl methyl sites for hydroxylation is 4. The Morgan fingerprint density at radius 3 is 1.88 bits per heavy atom. The number of carbonyl (C=O) groups excluding carboxylic acids is 1. The van der Waals surface area contributed by atoms with Gasteiger partial charge in [-0.3, -0.25) is 9.10 Å². The molecule has 0 bridgehead atoms. The van der Waals surface area contributed by atoms with Crippen molar-refractivity contribution in [2.24, 2.45) is 0 Å². The largest absolute Gasteiger partial charge is 0.340 e. The molecule has 0 radical (unpaired) electrons. The lowest BCUT2D eigenvalue weighted by Crippen LogP contribution is -2.41. The summed E-state index contributed by atoms with van der Waals surface area (Å²) in [5.74, 6) is -0.277. The third kappa shape index (κ3) is 5.37. The quantitative estimate of drug-likeness (QED) is 0.521. The fourth-order valence-corrected chi connectivity index (χ4v) is 5.00. The van der Waals surface area contributed by atoms with Crippen molar-refractivity contribution in [1.82, 2.24) is 4.90 Å². The summed E-state index contributed by atoms with van der Waals surface area (Å²) < 4.78 is 28.4. The van der Waals surface area contributed by atoms with Gasteiger partial charge in [-0.25, -0.2) is 8.42 Å². The molecule has 0 spiro atoms. The van der Waals surface area contributed by atoms with E-state index in [0.29, 0.717) is 12.2 Å². The molecule has 1 amide bonds. The number of likely N-dealkylation sites (N-methyl/N-ethyl adjacent to an activating group) is 1. The van der Waals surface area contributed by atoms with E-state index in [4.69, 9.17) is 0 Å². The molecule has 3 aromatic carbocycles. The predicted molar refractivity (Wildman–Crippen MR) is 129 cm³/mol. The van der Waals surface area contributed by atoms with E-state index in [1.165, 1.54) is 4.31 Å². The van der Waals surface area contributed by atoms with Crippen LogP contribution >= 0.6 is 0 Å². The van der Waals surface area contributed by atoms with Gasteiger partial charge in [-0.15, -0.1) is 0 Å². The standard InChI is InChI=1S/C26H30N2O3S/c1-19-6-11-23(12-7-19)17-27(5)26(29)18-28(25-15-10-21(3)16-22(25)4)32(30,31)24-13-8-20(2)9-14-24/h6-16H,17-18H2,1-5H3. The second-order valence-corrected chi connectivity index (χ2v) is 10.2. The molecule has 6 heteroatoms. The zero-order chi connectivity index (χ0) is 23.5. The molecule has 32 heavy (non-hydrogen) atoms. The molecule has 0 aromatic heterocycles. The number of nitrogens with zero attached hydrogens (tertiary/aromatic N) is 2. The molecular weight excluding hydrogens is 420 g/mol. The minimum atomic E-state index is -3.93. The van der Waals surface area contributed by atoms with E-state index in [2.05, 4.69) is 0 Å². The third-order valence-corrected chi connectivity index (χ3v) is 7.25. The maximum Gasteiger partial charge on any atom is 0.264 e. The fourth-order valence-electron chi connectivity index (χ4n) is 3.52. The Morgan fingerprint density at radius 1 is 0.781 bits per heavy atom. The number of hydrogen-bond donors (Lipinski definition) is 0. The first-order chi connectivity index (χ1) is 15.1. The number of hydrogen-bond acceptors (Lipinski definition) is 3. The Morgan fingerprint density at radius 2 is 1.31 bits per heavy atom. The van der Waals surface area contributed by atoms with Gasteiger partial charge in [0.1, 0.15) is 6.54 Å². The summed E-state index contributed by atoms with van der Waals surface area (Å²) in [5, 5.41) is 0. The number of rotatable bonds is 7. The lowest BCUT2D eigenvalue weighted by Gasteiger charge is -2.28. The lowest BCUT2D eigenvalue weighted by atomic mass is 10.1. The Labute approximate surface area is 191 Å². The van der Waals surface area contributed by atoms with Crippen molar-refractivity contribution in [2.45, 2.75) is 39.1 Å². The molecule has 0 atom stereocenters. The Hall–Kier alpha value is -3.12. The van der Waals surface area contributed by atoms with Crippen LogP contribution in [0.25, 0.3) is 0 Å². The van der Waals surface area contributed by atoms with Crippen LogP contribution in [-0.2, 0) is 21.4 Å². The van der Waals surface area contributed by atoms with Gasteiger partial charge in [0, 0.05) is 13.6 Å². The summed E-state index contributed by atoms with van der Waals surface area (Å²) in [7, 11) is -2.23. The monoisotopic (exact) mass is 450 g/mol. The second kappa shape index (κ2) is 9.57. The molecule has 0 aliphatic carbocycles. The van der Waals surface area contributed by atoms with Gasteiger partial charge in [0.25, 0.3) is 10.0 Å². The maximum atomic E-state index is 13.6. The van der Waals surface area contributed by atoms with Crippen molar-refractivity contribution in [1.29, 1.82) is 0 Å². The topological polar surface area (TPSA) is 57.7 Å². The van der Waals surface area contributed by atoms with Crippen LogP contribution in [0.1, 0.15) is 27.8 Å². The molecule has 0 saturated carbocycles. The van der Waals surface area contributed by atoms with E-state index in [-0.39, 0.29) is 17.3 Å². The minimum absolute atomic E-state index is 0.164. The minimum Gasteiger partial charge on any atom is -0.340 e. The van der Waals surface area contributed by atoms with Crippen molar-refractivity contribution in [3.05, 3.63) is 94.5 Å². The van der Waals surface area contributed by atoms with Gasteiger partial charge in [0.05, 0.1) is 10.6 Å². The van der Waals surface area contributed by atoms with Gasteiger partial charge >= 0.3 is 0 Å². The van der Waals surface area contributed by atoms with E-state index in [1.807, 2.05) is 64.1 Å². The molecule has 0 aliphatic rings. The molecule has 0 aliphatic heterocycles. The van der Waals surface area contributed by atoms with Crippen LogP contribution in [0, 0.1) is 27.7 Å². The zero-order valence-electron chi connectivity index (χ0n) is 19.3. The smallest absolute Gasteiger partial charge is 0.264 e. The summed E-state index contributed by atoms with van der Waals surface area (Å²) in [5.41, 5.74) is 5.44. The number of sulfonamides is 1. The van der Waals surface area contributed by atoms with Crippen LogP contribution in [0.3, 0.4) is 0 Å². The van der Waals surface area contributed by atoms with Crippen molar-refractivity contribution >= 4 is 21.6 Å². The molecule has 0 unspecified atom stereocenters. The van der Waals surface area contributed by atoms with Crippen LogP contribution in [-0.4, -0.2) is 32.8 Å². The SMILES string of the molecule is Cc1ccc(CN(C)C(=O)CN(c2ccc(C)cc2C)S(=O)(=O)c2ccc(C)cc2)cc1. The van der Waals surface area contributed by atoms with E-state index in [1.54, 1.807) is 42.3 Å². The van der Waals surface area contributed by atoms with Crippen LogP contribution < -0.4 is 4.31 Å². The van der Waals surface area contributed by atoms with Gasteiger partial charge in [0.2, 0.25) is 5.91 Å². The van der Waals surface area contributed by atoms with E-state index < -0.39 is 10.0 Å². The average Bonchev–Trinajstić information content (AvgIpc) is 2.74. The van der Waals surface area contributed by atoms with E-state index in [0.717, 1.165) is 27.8 Å². The first-order valence-electron chi connectivity index (χ1n) is 10.5. The number of amides is 1. The predicted octanol–water partition coefficient (Wildman–Crippen LogP) is 4.77. The summed E-state index contributed by atoms with van der Waals surface area (Å²) in [6.45, 7) is 7.86. The van der Waals surface area contributed by atoms with E-state index in [9.17, 15) is 13.2 Å². The molecule has 0 fully saturated rings. The Balaban J connectivity index is 1.94. The third-order valence-electron chi connectivity index (χ3n) is 5.47. The summed E-state index contributed by atoms with van der Waals surface area (Å²) >= 11 is 0. The first-order valence-corrected chi connectivity index (χ1v) is 12.0. The molecule has 0 heterocycles. The van der Waals surface area contributed by atoms with Gasteiger partial charge in [-0.05, 0) is 57.0 Å². The first kappa shape index (κ1) is 23.5. The van der Waals surface area contributed by atoms with Gasteiger partial charge in [-0.1, -0.05) is 65.2 Å². The Bertz CT molecular complexity index is 1200. The molecule has 3 aromatic rings. The molecular formula is C26H30N2O3S. The molecule has 168 valence electrons. The van der Waals surface area contributed by atoms with E-state index >= 15 is 0 Å². The zero-order valence-corrected chi connectivity index (χ0v) is 20.1. The highest BCUT2D eigenvalue weighted by Crippen LogP contribution is 2.28. The molecule has 5 nitrogen and oxygen atoms in total. The van der Waals surface area contributed by atoms with Crippen LogP contribution in [0.2, 0.25) is 0 Å². The highest BCUT2D eigenvalue weighted by Gasteiger charge is 2.29. The maximum absolute atomic E-state index is 13.6. The number of benzene rings is 3. The molecule has 0 N–H and O–H groups in total. The van der Waals surface area contributed by atoms with Crippen LogP contribution in [0.4, 0.5) is 5.69 Å². The summed E-state index contributed by atoms with van der Waals surface area (Å²) in [6.07, 6.45) is 0. The average molecular weight is 451 g/mol. The number of anilines is 1. The van der Waals surface area contributed by atoms with Crippen molar-refractivity contribution in [3.8, 4) is 0 Å². The Kier molecular flexibility index (Phi) is 7.04.